The second-order valence-electron chi connectivity index (χ2n) is 4.30. The Morgan fingerprint density at radius 3 is 2.73 bits per heavy atom. The first-order valence-electron chi connectivity index (χ1n) is 5.02. The number of rotatable bonds is 5. The standard InChI is InChI=1S/C10H17ClN2OS/c1-10(2,3)15-7-8-12-9(14-13-8)5-4-6-11/h4-7H2,1-3H3. The Morgan fingerprint density at radius 2 is 2.13 bits per heavy atom. The molecule has 15 heavy (non-hydrogen) atoms. The largest absolute Gasteiger partial charge is 0.339 e. The summed E-state index contributed by atoms with van der Waals surface area (Å²) in [6.45, 7) is 6.52. The van der Waals surface area contributed by atoms with E-state index in [2.05, 4.69) is 30.9 Å². The lowest BCUT2D eigenvalue weighted by atomic mass is 10.3. The van der Waals surface area contributed by atoms with E-state index in [4.69, 9.17) is 16.1 Å². The zero-order valence-corrected chi connectivity index (χ0v) is 11.0. The third-order valence-electron chi connectivity index (χ3n) is 1.67. The van der Waals surface area contributed by atoms with Gasteiger partial charge in [-0.2, -0.15) is 4.98 Å². The van der Waals surface area contributed by atoms with Gasteiger partial charge in [-0.05, 0) is 6.42 Å². The molecule has 1 rings (SSSR count). The molecule has 0 aliphatic carbocycles. The maximum Gasteiger partial charge on any atom is 0.226 e. The number of nitrogens with zero attached hydrogens (tertiary/aromatic N) is 2. The van der Waals surface area contributed by atoms with Gasteiger partial charge in [0.1, 0.15) is 0 Å². The van der Waals surface area contributed by atoms with Crippen LogP contribution < -0.4 is 0 Å². The number of aryl methyl sites for hydroxylation is 1. The lowest BCUT2D eigenvalue weighted by molar-refractivity contribution is 0.373. The zero-order chi connectivity index (χ0) is 11.3. The molecule has 0 aliphatic heterocycles. The van der Waals surface area contributed by atoms with Crippen molar-refractivity contribution in [3.8, 4) is 0 Å². The summed E-state index contributed by atoms with van der Waals surface area (Å²) >= 11 is 7.40. The van der Waals surface area contributed by atoms with E-state index in [9.17, 15) is 0 Å². The van der Waals surface area contributed by atoms with Crippen LogP contribution in [0.25, 0.3) is 0 Å². The summed E-state index contributed by atoms with van der Waals surface area (Å²) in [5, 5.41) is 3.92. The van der Waals surface area contributed by atoms with E-state index >= 15 is 0 Å². The van der Waals surface area contributed by atoms with Crippen molar-refractivity contribution >= 4 is 23.4 Å². The highest BCUT2D eigenvalue weighted by atomic mass is 35.5. The van der Waals surface area contributed by atoms with E-state index < -0.39 is 0 Å². The summed E-state index contributed by atoms with van der Waals surface area (Å²) < 4.78 is 5.33. The van der Waals surface area contributed by atoms with Gasteiger partial charge in [-0.3, -0.25) is 0 Å². The van der Waals surface area contributed by atoms with Gasteiger partial charge in [-0.25, -0.2) is 0 Å². The Labute approximate surface area is 100.0 Å². The van der Waals surface area contributed by atoms with E-state index in [1.165, 1.54) is 0 Å². The molecule has 0 aliphatic rings. The van der Waals surface area contributed by atoms with E-state index in [0.717, 1.165) is 24.4 Å². The average Bonchev–Trinajstić information content (AvgIpc) is 2.58. The molecule has 0 fully saturated rings. The zero-order valence-electron chi connectivity index (χ0n) is 9.42. The second-order valence-corrected chi connectivity index (χ2v) is 6.48. The maximum atomic E-state index is 5.59. The third-order valence-corrected chi connectivity index (χ3v) is 3.20. The molecule has 0 saturated carbocycles. The van der Waals surface area contributed by atoms with Crippen molar-refractivity contribution in [2.24, 2.45) is 0 Å². The lowest BCUT2D eigenvalue weighted by Gasteiger charge is -2.15. The normalized spacial score (nSPS) is 12.0. The predicted octanol–water partition coefficient (Wildman–Crippen LogP) is 3.27. The molecular formula is C10H17ClN2OS. The molecule has 86 valence electrons. The average molecular weight is 249 g/mol. The van der Waals surface area contributed by atoms with E-state index in [1.54, 1.807) is 0 Å². The van der Waals surface area contributed by atoms with E-state index in [1.807, 2.05) is 11.8 Å². The molecule has 1 aromatic rings. The Morgan fingerprint density at radius 1 is 1.40 bits per heavy atom. The first-order valence-corrected chi connectivity index (χ1v) is 6.54. The number of alkyl halides is 1. The minimum Gasteiger partial charge on any atom is -0.339 e. The minimum atomic E-state index is 0.233. The van der Waals surface area contributed by atoms with Crippen molar-refractivity contribution in [1.29, 1.82) is 0 Å². The SMILES string of the molecule is CC(C)(C)SCc1noc(CCCCl)n1. The molecule has 1 heterocycles. The van der Waals surface area contributed by atoms with Crippen molar-refractivity contribution in [2.45, 2.75) is 44.1 Å². The van der Waals surface area contributed by atoms with Crippen LogP contribution in [0.1, 0.15) is 38.9 Å². The van der Waals surface area contributed by atoms with Gasteiger partial charge >= 0.3 is 0 Å². The van der Waals surface area contributed by atoms with E-state index in [-0.39, 0.29) is 4.75 Å². The molecule has 3 nitrogen and oxygen atoms in total. The number of halogens is 1. The van der Waals surface area contributed by atoms with Crippen molar-refractivity contribution in [3.63, 3.8) is 0 Å². The van der Waals surface area contributed by atoms with Gasteiger partial charge < -0.3 is 4.52 Å². The van der Waals surface area contributed by atoms with Crippen LogP contribution in [0.2, 0.25) is 0 Å². The number of thioether (sulfide) groups is 1. The smallest absolute Gasteiger partial charge is 0.226 e. The molecule has 0 spiro atoms. The van der Waals surface area contributed by atoms with Gasteiger partial charge in [-0.1, -0.05) is 25.9 Å². The molecule has 0 aromatic carbocycles. The third kappa shape index (κ3) is 5.42. The fraction of sp³-hybridized carbons (Fsp3) is 0.800. The molecule has 0 unspecified atom stereocenters. The Bertz CT molecular complexity index is 296. The maximum absolute atomic E-state index is 5.59. The first-order chi connectivity index (χ1) is 7.01. The molecular weight excluding hydrogens is 232 g/mol. The van der Waals surface area contributed by atoms with Crippen molar-refractivity contribution in [2.75, 3.05) is 5.88 Å². The molecule has 1 aromatic heterocycles. The van der Waals surface area contributed by atoms with Crippen LogP contribution in [0.3, 0.4) is 0 Å². The summed E-state index contributed by atoms with van der Waals surface area (Å²) in [6, 6.07) is 0. The summed E-state index contributed by atoms with van der Waals surface area (Å²) in [7, 11) is 0. The van der Waals surface area contributed by atoms with Crippen LogP contribution in [0, 0.1) is 0 Å². The summed E-state index contributed by atoms with van der Waals surface area (Å²) in [4.78, 5) is 4.29. The van der Waals surface area contributed by atoms with Crippen LogP contribution >= 0.6 is 23.4 Å². The van der Waals surface area contributed by atoms with Crippen LogP contribution in [0.15, 0.2) is 4.52 Å². The Kier molecular flexibility index (Phi) is 4.93. The van der Waals surface area contributed by atoms with Gasteiger partial charge in [0.15, 0.2) is 5.82 Å². The molecule has 0 N–H and O–H groups in total. The minimum absolute atomic E-state index is 0.233. The second kappa shape index (κ2) is 5.75. The van der Waals surface area contributed by atoms with Gasteiger partial charge in [0.2, 0.25) is 5.89 Å². The highest BCUT2D eigenvalue weighted by Crippen LogP contribution is 2.26. The predicted molar refractivity (Wildman–Crippen MR) is 64.4 cm³/mol. The van der Waals surface area contributed by atoms with Crippen LogP contribution in [0.4, 0.5) is 0 Å². The van der Waals surface area contributed by atoms with Gasteiger partial charge in [0.05, 0.1) is 5.75 Å². The van der Waals surface area contributed by atoms with Crippen LogP contribution in [0.5, 0.6) is 0 Å². The van der Waals surface area contributed by atoms with Crippen molar-refractivity contribution in [1.82, 2.24) is 10.1 Å². The molecule has 0 atom stereocenters. The van der Waals surface area contributed by atoms with E-state index in [0.29, 0.717) is 11.8 Å². The fourth-order valence-electron chi connectivity index (χ4n) is 0.949. The van der Waals surface area contributed by atoms with Crippen LogP contribution in [-0.4, -0.2) is 20.8 Å². The summed E-state index contributed by atoms with van der Waals surface area (Å²) in [5.74, 6) is 2.90. The first kappa shape index (κ1) is 12.8. The highest BCUT2D eigenvalue weighted by Gasteiger charge is 2.13. The lowest BCUT2D eigenvalue weighted by Crippen LogP contribution is -2.07. The quantitative estimate of drug-likeness (QED) is 0.750. The van der Waals surface area contributed by atoms with Crippen molar-refractivity contribution in [3.05, 3.63) is 11.7 Å². The summed E-state index contributed by atoms with van der Waals surface area (Å²) in [5.41, 5.74) is 0. The van der Waals surface area contributed by atoms with Crippen molar-refractivity contribution < 1.29 is 4.52 Å². The Hall–Kier alpha value is -0.220. The van der Waals surface area contributed by atoms with Gasteiger partial charge in [0, 0.05) is 17.0 Å². The molecule has 5 heteroatoms. The molecule has 0 bridgehead atoms. The Balaban J connectivity index is 2.39. The number of aromatic nitrogens is 2. The molecule has 0 amide bonds. The van der Waals surface area contributed by atoms with Crippen LogP contribution in [-0.2, 0) is 12.2 Å². The summed E-state index contributed by atoms with van der Waals surface area (Å²) in [6.07, 6.45) is 1.66. The molecule has 0 saturated heterocycles. The number of hydrogen-bond acceptors (Lipinski definition) is 4. The molecule has 0 radical (unpaired) electrons. The monoisotopic (exact) mass is 248 g/mol. The van der Waals surface area contributed by atoms with Gasteiger partial charge in [0.25, 0.3) is 0 Å². The fourth-order valence-corrected chi connectivity index (χ4v) is 1.76. The van der Waals surface area contributed by atoms with Gasteiger partial charge in [-0.15, -0.1) is 23.4 Å². The highest BCUT2D eigenvalue weighted by molar-refractivity contribution is 7.99. The number of hydrogen-bond donors (Lipinski definition) is 0. The topological polar surface area (TPSA) is 38.9 Å².